The number of amides is 2. The Hall–Kier alpha value is -3.49. The SMILES string of the molecule is CC/C=C/C/C=C/C/C=C/C/C=C/C/C=C/C/C=C/CCC(=O)NCCSSCCNC(=O)C1=CC(=O)C(C)(c2ccccc2)O1. The van der Waals surface area contributed by atoms with Gasteiger partial charge in [-0.1, -0.05) is 132 Å². The molecule has 46 heavy (non-hydrogen) atoms. The maximum Gasteiger partial charge on any atom is 0.286 e. The van der Waals surface area contributed by atoms with Gasteiger partial charge in [0.1, 0.15) is 0 Å². The van der Waals surface area contributed by atoms with E-state index in [4.69, 9.17) is 4.74 Å². The van der Waals surface area contributed by atoms with Crippen molar-refractivity contribution in [2.24, 2.45) is 0 Å². The predicted molar refractivity (Wildman–Crippen MR) is 196 cm³/mol. The summed E-state index contributed by atoms with van der Waals surface area (Å²) in [4.78, 5) is 37.0. The van der Waals surface area contributed by atoms with E-state index in [2.05, 4.69) is 90.5 Å². The normalized spacial score (nSPS) is 16.9. The number of allylic oxidation sites excluding steroid dienone is 12. The lowest BCUT2D eigenvalue weighted by Crippen LogP contribution is -2.32. The highest BCUT2D eigenvalue weighted by molar-refractivity contribution is 8.76. The zero-order chi connectivity index (χ0) is 33.1. The first kappa shape index (κ1) is 38.7. The largest absolute Gasteiger partial charge is 0.469 e. The van der Waals surface area contributed by atoms with Gasteiger partial charge in [-0.15, -0.1) is 0 Å². The summed E-state index contributed by atoms with van der Waals surface area (Å²) in [5.41, 5.74) is -0.456. The van der Waals surface area contributed by atoms with Crippen molar-refractivity contribution >= 4 is 39.2 Å². The van der Waals surface area contributed by atoms with Gasteiger partial charge in [-0.2, -0.15) is 0 Å². The standard InChI is InChI=1S/C38H50N2O4S2/c1-3-4-5-6-7-8-9-10-11-12-13-14-15-16-17-18-19-20-24-27-36(42)39-28-30-45-46-31-29-40-37(43)34-32-35(41)38(2,44-34)33-25-22-21-23-26-33/h4-5,7-8,10-11,13-14,16-17,19-23,25-26,32H,3,6,9,12,15,18,24,27-31H2,1-2H3,(H,39,42)(H,40,43)/b5-4+,8-7+,11-10+,14-13+,17-16+,20-19+. The minimum atomic E-state index is -1.17. The molecule has 1 aliphatic heterocycles. The second kappa shape index (κ2) is 24.7. The Morgan fingerprint density at radius 3 is 1.78 bits per heavy atom. The van der Waals surface area contributed by atoms with E-state index in [1.807, 2.05) is 30.3 Å². The summed E-state index contributed by atoms with van der Waals surface area (Å²) in [7, 11) is 3.27. The van der Waals surface area contributed by atoms with E-state index >= 15 is 0 Å². The Morgan fingerprint density at radius 1 is 0.739 bits per heavy atom. The summed E-state index contributed by atoms with van der Waals surface area (Å²) in [6.07, 6.45) is 34.4. The number of hydrogen-bond acceptors (Lipinski definition) is 6. The van der Waals surface area contributed by atoms with Crippen molar-refractivity contribution in [3.63, 3.8) is 0 Å². The molecule has 6 nitrogen and oxygen atoms in total. The first-order valence-corrected chi connectivity index (χ1v) is 18.7. The lowest BCUT2D eigenvalue weighted by Gasteiger charge is -2.23. The van der Waals surface area contributed by atoms with Crippen molar-refractivity contribution in [3.05, 3.63) is 121 Å². The minimum absolute atomic E-state index is 0.0423. The Morgan fingerprint density at radius 2 is 1.24 bits per heavy atom. The van der Waals surface area contributed by atoms with Crippen molar-refractivity contribution in [2.45, 2.75) is 70.8 Å². The van der Waals surface area contributed by atoms with Gasteiger partial charge in [-0.25, -0.2) is 0 Å². The first-order valence-electron chi connectivity index (χ1n) is 16.2. The quantitative estimate of drug-likeness (QED) is 0.0695. The van der Waals surface area contributed by atoms with Gasteiger partial charge >= 0.3 is 0 Å². The molecule has 248 valence electrons. The average molecular weight is 663 g/mol. The smallest absolute Gasteiger partial charge is 0.286 e. The molecule has 0 saturated heterocycles. The number of benzene rings is 1. The molecule has 0 radical (unpaired) electrons. The lowest BCUT2D eigenvalue weighted by atomic mass is 9.92. The molecule has 2 N–H and O–H groups in total. The Balaban J connectivity index is 1.40. The van der Waals surface area contributed by atoms with E-state index in [0.717, 1.165) is 50.7 Å². The topological polar surface area (TPSA) is 84.5 Å². The number of ether oxygens (including phenoxy) is 1. The molecule has 1 aromatic rings. The van der Waals surface area contributed by atoms with Crippen molar-refractivity contribution in [3.8, 4) is 0 Å². The van der Waals surface area contributed by atoms with Crippen LogP contribution in [0.15, 0.2) is 115 Å². The molecular weight excluding hydrogens is 613 g/mol. The van der Waals surface area contributed by atoms with E-state index in [0.29, 0.717) is 30.8 Å². The fourth-order valence-corrected chi connectivity index (χ4v) is 6.03. The van der Waals surface area contributed by atoms with Gasteiger partial charge in [-0.3, -0.25) is 14.4 Å². The Bertz CT molecular complexity index is 1260. The minimum Gasteiger partial charge on any atom is -0.469 e. The number of ketones is 1. The van der Waals surface area contributed by atoms with Crippen LogP contribution in [0.3, 0.4) is 0 Å². The summed E-state index contributed by atoms with van der Waals surface area (Å²) < 4.78 is 5.77. The van der Waals surface area contributed by atoms with Crippen molar-refractivity contribution in [2.75, 3.05) is 24.6 Å². The molecule has 2 amide bonds. The third kappa shape index (κ3) is 16.7. The highest BCUT2D eigenvalue weighted by Crippen LogP contribution is 2.34. The summed E-state index contributed by atoms with van der Waals surface area (Å²) in [6, 6.07) is 9.17. The summed E-state index contributed by atoms with van der Waals surface area (Å²) in [5.74, 6) is 0.943. The van der Waals surface area contributed by atoms with Crippen LogP contribution >= 0.6 is 21.6 Å². The van der Waals surface area contributed by atoms with Gasteiger partial charge in [-0.05, 0) is 51.9 Å². The van der Waals surface area contributed by atoms with Gasteiger partial charge in [0.25, 0.3) is 5.91 Å². The summed E-state index contributed by atoms with van der Waals surface area (Å²) in [6.45, 7) is 4.88. The number of carbonyl (C=O) groups excluding carboxylic acids is 3. The zero-order valence-electron chi connectivity index (χ0n) is 27.3. The molecule has 0 bridgehead atoms. The highest BCUT2D eigenvalue weighted by Gasteiger charge is 2.43. The first-order chi connectivity index (χ1) is 22.5. The molecule has 1 atom stereocenters. The van der Waals surface area contributed by atoms with Gasteiger partial charge in [0.15, 0.2) is 11.4 Å². The van der Waals surface area contributed by atoms with Gasteiger partial charge < -0.3 is 15.4 Å². The van der Waals surface area contributed by atoms with Crippen molar-refractivity contribution in [1.29, 1.82) is 0 Å². The van der Waals surface area contributed by atoms with Crippen LogP contribution < -0.4 is 10.6 Å². The third-order valence-electron chi connectivity index (χ3n) is 6.79. The molecule has 1 aliphatic rings. The highest BCUT2D eigenvalue weighted by atomic mass is 33.1. The lowest BCUT2D eigenvalue weighted by molar-refractivity contribution is -0.132. The van der Waals surface area contributed by atoms with Crippen LogP contribution in [0.2, 0.25) is 0 Å². The number of carbonyl (C=O) groups is 3. The number of rotatable bonds is 23. The van der Waals surface area contributed by atoms with E-state index in [1.54, 1.807) is 28.5 Å². The molecule has 1 unspecified atom stereocenters. The van der Waals surface area contributed by atoms with Crippen LogP contribution in [0, 0.1) is 0 Å². The number of nitrogens with one attached hydrogen (secondary N) is 2. The molecular formula is C38H50N2O4S2. The second-order valence-corrected chi connectivity index (χ2v) is 13.3. The van der Waals surface area contributed by atoms with Crippen molar-refractivity contribution < 1.29 is 19.1 Å². The van der Waals surface area contributed by atoms with E-state index < -0.39 is 11.5 Å². The molecule has 2 rings (SSSR count). The fraction of sp³-hybridized carbons (Fsp3) is 0.395. The summed E-state index contributed by atoms with van der Waals surface area (Å²) >= 11 is 0. The van der Waals surface area contributed by atoms with E-state index in [9.17, 15) is 14.4 Å². The van der Waals surface area contributed by atoms with E-state index in [-0.39, 0.29) is 17.4 Å². The second-order valence-electron chi connectivity index (χ2n) is 10.6. The third-order valence-corrected chi connectivity index (χ3v) is 9.20. The molecule has 1 heterocycles. The van der Waals surface area contributed by atoms with Crippen LogP contribution in [0.5, 0.6) is 0 Å². The molecule has 0 saturated carbocycles. The monoisotopic (exact) mass is 662 g/mol. The zero-order valence-corrected chi connectivity index (χ0v) is 29.0. The van der Waals surface area contributed by atoms with Gasteiger partial charge in [0.2, 0.25) is 11.7 Å². The van der Waals surface area contributed by atoms with Crippen LogP contribution in [0.4, 0.5) is 0 Å². The fourth-order valence-electron chi connectivity index (χ4n) is 4.21. The molecule has 0 fully saturated rings. The molecule has 0 spiro atoms. The van der Waals surface area contributed by atoms with Crippen LogP contribution in [0.25, 0.3) is 0 Å². The van der Waals surface area contributed by atoms with Gasteiger partial charge in [0, 0.05) is 42.7 Å². The number of hydrogen-bond donors (Lipinski definition) is 2. The Kier molecular flexibility index (Phi) is 20.8. The summed E-state index contributed by atoms with van der Waals surface area (Å²) in [5, 5.41) is 5.75. The average Bonchev–Trinajstić information content (AvgIpc) is 3.38. The van der Waals surface area contributed by atoms with Crippen LogP contribution in [0.1, 0.15) is 70.8 Å². The predicted octanol–water partition coefficient (Wildman–Crippen LogP) is 8.48. The maximum absolute atomic E-state index is 12.5. The maximum atomic E-state index is 12.5. The molecule has 0 aromatic heterocycles. The van der Waals surface area contributed by atoms with Gasteiger partial charge in [0.05, 0.1) is 0 Å². The van der Waals surface area contributed by atoms with E-state index in [1.165, 1.54) is 6.08 Å². The van der Waals surface area contributed by atoms with Crippen molar-refractivity contribution in [1.82, 2.24) is 10.6 Å². The molecule has 1 aromatic carbocycles. The van der Waals surface area contributed by atoms with Crippen LogP contribution in [-0.2, 0) is 24.7 Å². The molecule has 8 heteroatoms. The molecule has 0 aliphatic carbocycles. The van der Waals surface area contributed by atoms with Crippen LogP contribution in [-0.4, -0.2) is 42.2 Å². The Labute approximate surface area is 284 Å².